The lowest BCUT2D eigenvalue weighted by Crippen LogP contribution is -2.42. The van der Waals surface area contributed by atoms with Crippen molar-refractivity contribution in [1.29, 1.82) is 0 Å². The van der Waals surface area contributed by atoms with Gasteiger partial charge in [0, 0.05) is 38.2 Å². The third-order valence-corrected chi connectivity index (χ3v) is 7.84. The molecule has 2 aliphatic rings. The van der Waals surface area contributed by atoms with E-state index in [0.717, 1.165) is 24.5 Å². The molecule has 2 aliphatic heterocycles. The number of amides is 1. The summed E-state index contributed by atoms with van der Waals surface area (Å²) in [6.07, 6.45) is 6.39. The Morgan fingerprint density at radius 2 is 1.90 bits per heavy atom. The van der Waals surface area contributed by atoms with Crippen molar-refractivity contribution in [2.75, 3.05) is 20.2 Å². The standard InChI is InChI=1S/C21H28N4O4S/c1-29-18-5-7-19(8-6-18)30(27,28)25-12-9-16(10-13-25)21(26)22-14-17-15-24-11-3-2-4-20(24)23-17/h5-8,15-16H,2-4,9-14H2,1H3,(H,22,26). The second-order valence-electron chi connectivity index (χ2n) is 7.87. The maximum atomic E-state index is 12.8. The van der Waals surface area contributed by atoms with Crippen LogP contribution in [0.2, 0.25) is 0 Å². The van der Waals surface area contributed by atoms with Crippen LogP contribution in [0.4, 0.5) is 0 Å². The number of carbonyl (C=O) groups excluding carboxylic acids is 1. The van der Waals surface area contributed by atoms with Crippen LogP contribution in [0.5, 0.6) is 5.75 Å². The number of fused-ring (bicyclic) bond motifs is 1. The molecule has 4 rings (SSSR count). The number of rotatable bonds is 6. The number of methoxy groups -OCH3 is 1. The molecule has 162 valence electrons. The van der Waals surface area contributed by atoms with Crippen molar-refractivity contribution < 1.29 is 17.9 Å². The third-order valence-electron chi connectivity index (χ3n) is 5.92. The molecule has 1 saturated heterocycles. The van der Waals surface area contributed by atoms with E-state index < -0.39 is 10.0 Å². The molecule has 0 bridgehead atoms. The van der Waals surface area contributed by atoms with Crippen LogP contribution in [-0.4, -0.2) is 48.4 Å². The number of aromatic nitrogens is 2. The number of piperidine rings is 1. The molecule has 1 fully saturated rings. The molecule has 1 N–H and O–H groups in total. The van der Waals surface area contributed by atoms with Gasteiger partial charge >= 0.3 is 0 Å². The van der Waals surface area contributed by atoms with Crippen LogP contribution in [0.3, 0.4) is 0 Å². The summed E-state index contributed by atoms with van der Waals surface area (Å²) in [4.78, 5) is 17.4. The van der Waals surface area contributed by atoms with Gasteiger partial charge in [-0.3, -0.25) is 4.79 Å². The van der Waals surface area contributed by atoms with Gasteiger partial charge in [-0.25, -0.2) is 13.4 Å². The SMILES string of the molecule is COc1ccc(S(=O)(=O)N2CCC(C(=O)NCc3cn4c(n3)CCCC4)CC2)cc1. The second-order valence-corrected chi connectivity index (χ2v) is 9.81. The predicted molar refractivity (Wildman–Crippen MR) is 111 cm³/mol. The number of carbonyl (C=O) groups is 1. The van der Waals surface area contributed by atoms with Crippen molar-refractivity contribution in [2.24, 2.45) is 5.92 Å². The van der Waals surface area contributed by atoms with Gasteiger partial charge in [0.15, 0.2) is 0 Å². The van der Waals surface area contributed by atoms with Crippen molar-refractivity contribution in [2.45, 2.75) is 50.1 Å². The average Bonchev–Trinajstić information content (AvgIpc) is 3.20. The van der Waals surface area contributed by atoms with Crippen LogP contribution < -0.4 is 10.1 Å². The number of nitrogens with zero attached hydrogens (tertiary/aromatic N) is 3. The van der Waals surface area contributed by atoms with Gasteiger partial charge < -0.3 is 14.6 Å². The number of nitrogens with one attached hydrogen (secondary N) is 1. The highest BCUT2D eigenvalue weighted by atomic mass is 32.2. The molecule has 2 aromatic rings. The molecule has 0 spiro atoms. The van der Waals surface area contributed by atoms with Gasteiger partial charge in [0.05, 0.1) is 24.2 Å². The minimum Gasteiger partial charge on any atom is -0.497 e. The Morgan fingerprint density at radius 3 is 2.57 bits per heavy atom. The molecule has 0 saturated carbocycles. The minimum atomic E-state index is -3.56. The fourth-order valence-electron chi connectivity index (χ4n) is 4.13. The second kappa shape index (κ2) is 8.77. The van der Waals surface area contributed by atoms with Crippen LogP contribution in [-0.2, 0) is 34.3 Å². The van der Waals surface area contributed by atoms with Gasteiger partial charge in [0.1, 0.15) is 11.6 Å². The van der Waals surface area contributed by atoms with Gasteiger partial charge in [0.2, 0.25) is 15.9 Å². The Morgan fingerprint density at radius 1 is 1.17 bits per heavy atom. The minimum absolute atomic E-state index is 0.0255. The van der Waals surface area contributed by atoms with Gasteiger partial charge in [-0.05, 0) is 49.9 Å². The molecule has 0 atom stereocenters. The first-order chi connectivity index (χ1) is 14.5. The number of hydrogen-bond acceptors (Lipinski definition) is 5. The van der Waals surface area contributed by atoms with Crippen LogP contribution in [0.15, 0.2) is 35.4 Å². The molecule has 0 unspecified atom stereocenters. The van der Waals surface area contributed by atoms with Crippen molar-refractivity contribution in [3.63, 3.8) is 0 Å². The highest BCUT2D eigenvalue weighted by Gasteiger charge is 2.32. The van der Waals surface area contributed by atoms with Gasteiger partial charge in [0.25, 0.3) is 0 Å². The van der Waals surface area contributed by atoms with Crippen molar-refractivity contribution in [1.82, 2.24) is 19.2 Å². The monoisotopic (exact) mass is 432 g/mol. The third kappa shape index (κ3) is 4.37. The molecule has 1 amide bonds. The van der Waals surface area contributed by atoms with E-state index in [9.17, 15) is 13.2 Å². The molecule has 0 aliphatic carbocycles. The number of hydrogen-bond donors (Lipinski definition) is 1. The van der Waals surface area contributed by atoms with E-state index in [1.54, 1.807) is 31.4 Å². The molecule has 0 radical (unpaired) electrons. The molecule has 3 heterocycles. The molecule has 30 heavy (non-hydrogen) atoms. The van der Waals surface area contributed by atoms with E-state index >= 15 is 0 Å². The van der Waals surface area contributed by atoms with Crippen LogP contribution in [0.25, 0.3) is 0 Å². The Kier molecular flexibility index (Phi) is 6.10. The zero-order chi connectivity index (χ0) is 21.1. The quantitative estimate of drug-likeness (QED) is 0.753. The van der Waals surface area contributed by atoms with Crippen LogP contribution in [0, 0.1) is 5.92 Å². The Balaban J connectivity index is 1.30. The zero-order valence-electron chi connectivity index (χ0n) is 17.2. The van der Waals surface area contributed by atoms with Crippen LogP contribution >= 0.6 is 0 Å². The number of aryl methyl sites for hydroxylation is 2. The summed E-state index contributed by atoms with van der Waals surface area (Å²) in [5.74, 6) is 1.51. The van der Waals surface area contributed by atoms with Crippen molar-refractivity contribution >= 4 is 15.9 Å². The number of benzene rings is 1. The normalized spacial score (nSPS) is 18.0. The number of sulfonamides is 1. The van der Waals surface area contributed by atoms with E-state index in [4.69, 9.17) is 4.74 Å². The van der Waals surface area contributed by atoms with Crippen molar-refractivity contribution in [3.05, 3.63) is 42.0 Å². The summed E-state index contributed by atoms with van der Waals surface area (Å²) in [6, 6.07) is 6.39. The van der Waals surface area contributed by atoms with E-state index in [1.807, 2.05) is 6.20 Å². The van der Waals surface area contributed by atoms with E-state index in [2.05, 4.69) is 14.9 Å². The van der Waals surface area contributed by atoms with Gasteiger partial charge in [-0.2, -0.15) is 4.31 Å². The Bertz CT molecular complexity index is 969. The molecule has 9 heteroatoms. The van der Waals surface area contributed by atoms with E-state index in [1.165, 1.54) is 17.1 Å². The lowest BCUT2D eigenvalue weighted by molar-refractivity contribution is -0.126. The van der Waals surface area contributed by atoms with E-state index in [0.29, 0.717) is 38.2 Å². The van der Waals surface area contributed by atoms with Crippen molar-refractivity contribution in [3.8, 4) is 5.75 Å². The molecular formula is C21H28N4O4S. The summed E-state index contributed by atoms with van der Waals surface area (Å²) >= 11 is 0. The summed E-state index contributed by atoms with van der Waals surface area (Å²) in [5, 5.41) is 2.98. The lowest BCUT2D eigenvalue weighted by atomic mass is 9.97. The number of imidazole rings is 1. The van der Waals surface area contributed by atoms with E-state index in [-0.39, 0.29) is 16.7 Å². The molecule has 1 aromatic carbocycles. The maximum absolute atomic E-state index is 12.8. The highest BCUT2D eigenvalue weighted by molar-refractivity contribution is 7.89. The summed E-state index contributed by atoms with van der Waals surface area (Å²) in [6.45, 7) is 2.09. The first-order valence-electron chi connectivity index (χ1n) is 10.4. The molecular weight excluding hydrogens is 404 g/mol. The fourth-order valence-corrected chi connectivity index (χ4v) is 5.60. The smallest absolute Gasteiger partial charge is 0.243 e. The van der Waals surface area contributed by atoms with Gasteiger partial charge in [-0.1, -0.05) is 0 Å². The average molecular weight is 433 g/mol. The highest BCUT2D eigenvalue weighted by Crippen LogP contribution is 2.25. The summed E-state index contributed by atoms with van der Waals surface area (Å²) in [5.41, 5.74) is 0.889. The van der Waals surface area contributed by atoms with Gasteiger partial charge in [-0.15, -0.1) is 0 Å². The summed E-state index contributed by atoms with van der Waals surface area (Å²) in [7, 11) is -2.02. The topological polar surface area (TPSA) is 93.5 Å². The lowest BCUT2D eigenvalue weighted by Gasteiger charge is -2.30. The molecule has 8 nitrogen and oxygen atoms in total. The Labute approximate surface area is 177 Å². The maximum Gasteiger partial charge on any atom is 0.243 e. The molecule has 1 aromatic heterocycles. The largest absolute Gasteiger partial charge is 0.497 e. The summed E-state index contributed by atoms with van der Waals surface area (Å²) < 4.78 is 34.4. The van der Waals surface area contributed by atoms with Crippen LogP contribution in [0.1, 0.15) is 37.2 Å². The first kappa shape index (κ1) is 20.9. The zero-order valence-corrected chi connectivity index (χ0v) is 18.0. The predicted octanol–water partition coefficient (Wildman–Crippen LogP) is 1.95. The first-order valence-corrected chi connectivity index (χ1v) is 11.9. The Hall–Kier alpha value is -2.39. The fraction of sp³-hybridized carbons (Fsp3) is 0.524. The number of ether oxygens (including phenoxy) is 1.